The van der Waals surface area contributed by atoms with Crippen LogP contribution in [-0.4, -0.2) is 35.3 Å². The molecule has 78 valence electrons. The van der Waals surface area contributed by atoms with E-state index in [1.807, 2.05) is 6.20 Å². The van der Waals surface area contributed by atoms with Gasteiger partial charge in [0.05, 0.1) is 6.10 Å². The van der Waals surface area contributed by atoms with Gasteiger partial charge in [-0.25, -0.2) is 4.98 Å². The molecule has 0 saturated carbocycles. The van der Waals surface area contributed by atoms with Crippen LogP contribution in [0, 0.1) is 0 Å². The van der Waals surface area contributed by atoms with Crippen molar-refractivity contribution in [2.24, 2.45) is 0 Å². The number of nitrogens with one attached hydrogen (secondary N) is 2. The summed E-state index contributed by atoms with van der Waals surface area (Å²) >= 11 is 0. The highest BCUT2D eigenvalue weighted by molar-refractivity contribution is 4.88. The highest BCUT2D eigenvalue weighted by Gasteiger charge is 2.22. The molecule has 2 atom stereocenters. The monoisotopic (exact) mass is 195 g/mol. The fraction of sp³-hybridized carbons (Fsp3) is 0.700. The predicted molar refractivity (Wildman–Crippen MR) is 54.1 cm³/mol. The Hall–Kier alpha value is -0.870. The van der Waals surface area contributed by atoms with Gasteiger partial charge in [-0.05, 0) is 13.3 Å². The van der Waals surface area contributed by atoms with E-state index >= 15 is 0 Å². The second kappa shape index (κ2) is 4.57. The Morgan fingerprint density at radius 2 is 2.64 bits per heavy atom. The summed E-state index contributed by atoms with van der Waals surface area (Å²) in [6.07, 6.45) is 6.08. The standard InChI is InChI=1S/C10H17N3O/c1-8-9(3-7-14-8)11-4-2-10-12-5-6-13-10/h5-6,8-9,11H,2-4,7H2,1H3,(H,12,13). The molecule has 4 heteroatoms. The van der Waals surface area contributed by atoms with Gasteiger partial charge >= 0.3 is 0 Å². The van der Waals surface area contributed by atoms with E-state index in [9.17, 15) is 0 Å². The van der Waals surface area contributed by atoms with E-state index in [2.05, 4.69) is 22.2 Å². The summed E-state index contributed by atoms with van der Waals surface area (Å²) < 4.78 is 5.47. The van der Waals surface area contributed by atoms with Gasteiger partial charge in [-0.2, -0.15) is 0 Å². The first kappa shape index (κ1) is 9.68. The lowest BCUT2D eigenvalue weighted by Crippen LogP contribution is -2.36. The van der Waals surface area contributed by atoms with E-state index in [4.69, 9.17) is 4.74 Å². The van der Waals surface area contributed by atoms with Gasteiger partial charge in [0.1, 0.15) is 5.82 Å². The third-order valence-electron chi connectivity index (χ3n) is 2.70. The third kappa shape index (κ3) is 2.33. The Bertz CT molecular complexity index is 260. The van der Waals surface area contributed by atoms with E-state index in [1.165, 1.54) is 0 Å². The van der Waals surface area contributed by atoms with Crippen LogP contribution in [0.1, 0.15) is 19.2 Å². The number of nitrogens with zero attached hydrogens (tertiary/aromatic N) is 1. The van der Waals surface area contributed by atoms with Crippen molar-refractivity contribution in [1.82, 2.24) is 15.3 Å². The fourth-order valence-corrected chi connectivity index (χ4v) is 1.81. The number of hydrogen-bond acceptors (Lipinski definition) is 3. The lowest BCUT2D eigenvalue weighted by molar-refractivity contribution is 0.113. The maximum absolute atomic E-state index is 5.47. The summed E-state index contributed by atoms with van der Waals surface area (Å²) in [7, 11) is 0. The summed E-state index contributed by atoms with van der Waals surface area (Å²) in [5.74, 6) is 1.05. The Balaban J connectivity index is 1.68. The van der Waals surface area contributed by atoms with Crippen LogP contribution in [0.15, 0.2) is 12.4 Å². The summed E-state index contributed by atoms with van der Waals surface area (Å²) in [6, 6.07) is 0.518. The van der Waals surface area contributed by atoms with Gasteiger partial charge in [-0.1, -0.05) is 0 Å². The zero-order valence-electron chi connectivity index (χ0n) is 8.49. The van der Waals surface area contributed by atoms with Crippen molar-refractivity contribution in [3.05, 3.63) is 18.2 Å². The number of hydrogen-bond donors (Lipinski definition) is 2. The Morgan fingerprint density at radius 1 is 1.71 bits per heavy atom. The second-order valence-corrected chi connectivity index (χ2v) is 3.71. The zero-order valence-corrected chi connectivity index (χ0v) is 8.49. The fourth-order valence-electron chi connectivity index (χ4n) is 1.81. The van der Waals surface area contributed by atoms with Gasteiger partial charge in [0.2, 0.25) is 0 Å². The number of H-pyrrole nitrogens is 1. The van der Waals surface area contributed by atoms with Crippen LogP contribution in [-0.2, 0) is 11.2 Å². The minimum Gasteiger partial charge on any atom is -0.377 e. The maximum Gasteiger partial charge on any atom is 0.107 e. The van der Waals surface area contributed by atoms with Crippen LogP contribution >= 0.6 is 0 Å². The van der Waals surface area contributed by atoms with E-state index < -0.39 is 0 Å². The Morgan fingerprint density at radius 3 is 3.29 bits per heavy atom. The van der Waals surface area contributed by atoms with E-state index in [-0.39, 0.29) is 0 Å². The van der Waals surface area contributed by atoms with Crippen molar-refractivity contribution in [3.8, 4) is 0 Å². The minimum atomic E-state index is 0.353. The number of aromatic nitrogens is 2. The first-order chi connectivity index (χ1) is 6.86. The molecule has 2 heterocycles. The number of imidazole rings is 1. The van der Waals surface area contributed by atoms with Crippen LogP contribution in [0.25, 0.3) is 0 Å². The van der Waals surface area contributed by atoms with Gasteiger partial charge in [0.25, 0.3) is 0 Å². The normalized spacial score (nSPS) is 26.9. The Labute approximate surface area is 84.1 Å². The summed E-state index contributed by atoms with van der Waals surface area (Å²) in [6.45, 7) is 3.98. The van der Waals surface area contributed by atoms with Crippen molar-refractivity contribution < 1.29 is 4.74 Å². The molecule has 0 bridgehead atoms. The molecule has 1 aliphatic heterocycles. The second-order valence-electron chi connectivity index (χ2n) is 3.71. The molecule has 0 amide bonds. The molecule has 1 aromatic rings. The molecule has 2 rings (SSSR count). The molecule has 2 unspecified atom stereocenters. The molecule has 1 aromatic heterocycles. The molecular formula is C10H17N3O. The topological polar surface area (TPSA) is 49.9 Å². The Kier molecular flexibility index (Phi) is 3.16. The van der Waals surface area contributed by atoms with Gasteiger partial charge in [-0.3, -0.25) is 0 Å². The molecule has 0 aliphatic carbocycles. The highest BCUT2D eigenvalue weighted by atomic mass is 16.5. The molecule has 0 aromatic carbocycles. The highest BCUT2D eigenvalue weighted by Crippen LogP contribution is 2.12. The third-order valence-corrected chi connectivity index (χ3v) is 2.70. The lowest BCUT2D eigenvalue weighted by Gasteiger charge is -2.15. The molecule has 1 aliphatic rings. The quantitative estimate of drug-likeness (QED) is 0.744. The van der Waals surface area contributed by atoms with Gasteiger partial charge < -0.3 is 15.0 Å². The van der Waals surface area contributed by atoms with Gasteiger partial charge in [0.15, 0.2) is 0 Å². The zero-order chi connectivity index (χ0) is 9.80. The lowest BCUT2D eigenvalue weighted by atomic mass is 10.1. The first-order valence-electron chi connectivity index (χ1n) is 5.19. The molecule has 1 fully saturated rings. The van der Waals surface area contributed by atoms with Gasteiger partial charge in [-0.15, -0.1) is 0 Å². The van der Waals surface area contributed by atoms with Crippen LogP contribution in [0.3, 0.4) is 0 Å². The van der Waals surface area contributed by atoms with E-state index in [1.54, 1.807) is 6.20 Å². The van der Waals surface area contributed by atoms with Crippen LogP contribution in [0.5, 0.6) is 0 Å². The van der Waals surface area contributed by atoms with E-state index in [0.29, 0.717) is 12.1 Å². The average molecular weight is 195 g/mol. The molecule has 2 N–H and O–H groups in total. The minimum absolute atomic E-state index is 0.353. The summed E-state index contributed by atoms with van der Waals surface area (Å²) in [4.78, 5) is 7.26. The molecule has 0 spiro atoms. The van der Waals surface area contributed by atoms with Crippen LogP contribution in [0.4, 0.5) is 0 Å². The van der Waals surface area contributed by atoms with Crippen LogP contribution < -0.4 is 5.32 Å². The number of ether oxygens (including phenoxy) is 1. The van der Waals surface area contributed by atoms with Crippen molar-refractivity contribution >= 4 is 0 Å². The van der Waals surface area contributed by atoms with Crippen molar-refractivity contribution in [1.29, 1.82) is 0 Å². The number of rotatable bonds is 4. The molecule has 4 nitrogen and oxygen atoms in total. The average Bonchev–Trinajstić information content (AvgIpc) is 2.78. The summed E-state index contributed by atoms with van der Waals surface area (Å²) in [5.41, 5.74) is 0. The molecule has 0 radical (unpaired) electrons. The van der Waals surface area contributed by atoms with Crippen molar-refractivity contribution in [2.75, 3.05) is 13.2 Å². The maximum atomic E-state index is 5.47. The number of aromatic amines is 1. The molecule has 14 heavy (non-hydrogen) atoms. The predicted octanol–water partition coefficient (Wildman–Crippen LogP) is 0.719. The van der Waals surface area contributed by atoms with Crippen molar-refractivity contribution in [3.63, 3.8) is 0 Å². The summed E-state index contributed by atoms with van der Waals surface area (Å²) in [5, 5.41) is 3.48. The molecule has 1 saturated heterocycles. The van der Waals surface area contributed by atoms with Gasteiger partial charge in [0, 0.05) is 38.0 Å². The van der Waals surface area contributed by atoms with E-state index in [0.717, 1.165) is 31.8 Å². The SMILES string of the molecule is CC1OCCC1NCCc1ncc[nH]1. The van der Waals surface area contributed by atoms with Crippen molar-refractivity contribution in [2.45, 2.75) is 31.9 Å². The molecular weight excluding hydrogens is 178 g/mol. The smallest absolute Gasteiger partial charge is 0.107 e. The largest absolute Gasteiger partial charge is 0.377 e. The first-order valence-corrected chi connectivity index (χ1v) is 5.19. The van der Waals surface area contributed by atoms with Crippen LogP contribution in [0.2, 0.25) is 0 Å².